The van der Waals surface area contributed by atoms with E-state index >= 15 is 0 Å². The number of nitrogens with zero attached hydrogens (tertiary/aromatic N) is 6. The van der Waals surface area contributed by atoms with Gasteiger partial charge in [0.1, 0.15) is 0 Å². The van der Waals surface area contributed by atoms with Crippen LogP contribution in [0.1, 0.15) is 42.0 Å². The molecule has 0 aromatic carbocycles. The van der Waals surface area contributed by atoms with E-state index in [-0.39, 0.29) is 0 Å². The van der Waals surface area contributed by atoms with E-state index in [1.165, 1.54) is 24.1 Å². The third-order valence-electron chi connectivity index (χ3n) is 4.40. The first-order valence-corrected chi connectivity index (χ1v) is 8.24. The maximum absolute atomic E-state index is 4.78. The first kappa shape index (κ1) is 14.4. The Labute approximate surface area is 135 Å². The Bertz CT molecular complexity index is 712. The predicted molar refractivity (Wildman–Crippen MR) is 87.1 cm³/mol. The molecule has 6 nitrogen and oxygen atoms in total. The van der Waals surface area contributed by atoms with E-state index in [4.69, 9.17) is 4.98 Å². The highest BCUT2D eigenvalue weighted by molar-refractivity contribution is 5.97. The molecule has 2 aromatic rings. The van der Waals surface area contributed by atoms with Crippen molar-refractivity contribution in [3.05, 3.63) is 47.6 Å². The van der Waals surface area contributed by atoms with Crippen LogP contribution in [0.15, 0.2) is 29.8 Å². The molecule has 23 heavy (non-hydrogen) atoms. The Hall–Kier alpha value is -2.21. The van der Waals surface area contributed by atoms with Crippen LogP contribution in [0, 0.1) is 0 Å². The predicted octanol–water partition coefficient (Wildman–Crippen LogP) is 1.80. The summed E-state index contributed by atoms with van der Waals surface area (Å²) in [5.74, 6) is 0.839. The lowest BCUT2D eigenvalue weighted by molar-refractivity contribution is 0.239. The summed E-state index contributed by atoms with van der Waals surface area (Å²) < 4.78 is 0. The Kier molecular flexibility index (Phi) is 4.06. The molecule has 0 saturated carbocycles. The zero-order valence-corrected chi connectivity index (χ0v) is 13.1. The number of rotatable bonds is 3. The minimum Gasteiger partial charge on any atom is -0.293 e. The van der Waals surface area contributed by atoms with E-state index in [0.29, 0.717) is 0 Å². The third-order valence-corrected chi connectivity index (χ3v) is 4.40. The second kappa shape index (κ2) is 6.50. The van der Waals surface area contributed by atoms with E-state index in [0.717, 1.165) is 56.3 Å². The van der Waals surface area contributed by atoms with Gasteiger partial charge in [0.25, 0.3) is 0 Å². The van der Waals surface area contributed by atoms with Crippen molar-refractivity contribution in [2.24, 2.45) is 4.99 Å². The fraction of sp³-hybridized carbons (Fsp3) is 0.471. The van der Waals surface area contributed by atoms with Crippen LogP contribution >= 0.6 is 0 Å². The second-order valence-corrected chi connectivity index (χ2v) is 6.11. The van der Waals surface area contributed by atoms with Crippen LogP contribution in [0.25, 0.3) is 0 Å². The summed E-state index contributed by atoms with van der Waals surface area (Å²) in [5, 5.41) is 0. The van der Waals surface area contributed by atoms with Crippen molar-refractivity contribution in [3.63, 3.8) is 0 Å². The van der Waals surface area contributed by atoms with E-state index in [2.05, 4.69) is 24.8 Å². The number of hydrogen-bond donors (Lipinski definition) is 0. The zero-order chi connectivity index (χ0) is 15.5. The first-order valence-electron chi connectivity index (χ1n) is 8.24. The van der Waals surface area contributed by atoms with Gasteiger partial charge in [-0.2, -0.15) is 0 Å². The summed E-state index contributed by atoms with van der Waals surface area (Å²) in [6.45, 7) is 3.61. The Balaban J connectivity index is 1.49. The third kappa shape index (κ3) is 3.27. The van der Waals surface area contributed by atoms with Gasteiger partial charge in [-0.15, -0.1) is 0 Å². The average Bonchev–Trinajstić information content (AvgIpc) is 2.63. The van der Waals surface area contributed by atoms with E-state index in [9.17, 15) is 0 Å². The molecule has 6 heteroatoms. The van der Waals surface area contributed by atoms with Crippen molar-refractivity contribution in [3.8, 4) is 0 Å². The van der Waals surface area contributed by atoms with E-state index < -0.39 is 0 Å². The molecular weight excluding hydrogens is 288 g/mol. The number of aromatic nitrogens is 4. The van der Waals surface area contributed by atoms with Crippen molar-refractivity contribution in [1.29, 1.82) is 0 Å². The first-order chi connectivity index (χ1) is 11.4. The standard InChI is InChI=1S/C17H20N6/c1-2-5-20-16(3-1)17-21-9-13-11-23(8-4-15(13)22-17)12-14-10-18-6-7-19-14/h6-7,9-10H,1-5,8,11-12H2. The number of fused-ring (bicyclic) bond motifs is 1. The summed E-state index contributed by atoms with van der Waals surface area (Å²) in [6.07, 6.45) is 11.6. The fourth-order valence-corrected chi connectivity index (χ4v) is 3.17. The van der Waals surface area contributed by atoms with Crippen LogP contribution < -0.4 is 0 Å². The quantitative estimate of drug-likeness (QED) is 0.865. The molecule has 0 amide bonds. The molecule has 0 unspecified atom stereocenters. The van der Waals surface area contributed by atoms with Gasteiger partial charge in [-0.1, -0.05) is 0 Å². The van der Waals surface area contributed by atoms with Gasteiger partial charge in [-0.05, 0) is 19.3 Å². The summed E-state index contributed by atoms with van der Waals surface area (Å²) in [4.78, 5) is 24.8. The SMILES string of the molecule is c1cnc(CN2CCc3nc(C4=NCCCC4)ncc3C2)cn1. The van der Waals surface area contributed by atoms with Crippen LogP contribution in [0.2, 0.25) is 0 Å². The zero-order valence-electron chi connectivity index (χ0n) is 13.1. The van der Waals surface area contributed by atoms with Crippen LogP contribution in [0.4, 0.5) is 0 Å². The minimum atomic E-state index is 0.821. The lowest BCUT2D eigenvalue weighted by Crippen LogP contribution is -2.31. The van der Waals surface area contributed by atoms with Crippen LogP contribution in [0.3, 0.4) is 0 Å². The molecule has 4 heterocycles. The molecule has 118 valence electrons. The summed E-state index contributed by atoms with van der Waals surface area (Å²) in [6, 6.07) is 0. The van der Waals surface area contributed by atoms with E-state index in [1.807, 2.05) is 12.4 Å². The van der Waals surface area contributed by atoms with Gasteiger partial charge in [0.15, 0.2) is 5.82 Å². The topological polar surface area (TPSA) is 67.2 Å². The molecule has 0 saturated heterocycles. The number of aliphatic imine (C=N–C) groups is 1. The Morgan fingerprint density at radius 1 is 1.04 bits per heavy atom. The van der Waals surface area contributed by atoms with Crippen LogP contribution in [-0.4, -0.2) is 43.6 Å². The molecule has 0 spiro atoms. The molecule has 0 aliphatic carbocycles. The maximum Gasteiger partial charge on any atom is 0.173 e. The van der Waals surface area contributed by atoms with E-state index in [1.54, 1.807) is 12.4 Å². The van der Waals surface area contributed by atoms with Gasteiger partial charge in [0.05, 0.1) is 17.1 Å². The van der Waals surface area contributed by atoms with Crippen molar-refractivity contribution in [1.82, 2.24) is 24.8 Å². The summed E-state index contributed by atoms with van der Waals surface area (Å²) in [7, 11) is 0. The molecule has 0 fully saturated rings. The van der Waals surface area contributed by atoms with Crippen LogP contribution in [0.5, 0.6) is 0 Å². The Morgan fingerprint density at radius 2 is 2.04 bits per heavy atom. The van der Waals surface area contributed by atoms with Gasteiger partial charge in [-0.3, -0.25) is 19.9 Å². The van der Waals surface area contributed by atoms with Gasteiger partial charge >= 0.3 is 0 Å². The fourth-order valence-electron chi connectivity index (χ4n) is 3.17. The summed E-state index contributed by atoms with van der Waals surface area (Å²) in [5.41, 5.74) is 4.49. The molecule has 2 aliphatic heterocycles. The highest BCUT2D eigenvalue weighted by Crippen LogP contribution is 2.19. The Morgan fingerprint density at radius 3 is 2.87 bits per heavy atom. The van der Waals surface area contributed by atoms with Gasteiger partial charge in [0, 0.05) is 63.0 Å². The smallest absolute Gasteiger partial charge is 0.173 e. The monoisotopic (exact) mass is 308 g/mol. The molecule has 0 radical (unpaired) electrons. The number of hydrogen-bond acceptors (Lipinski definition) is 6. The largest absolute Gasteiger partial charge is 0.293 e. The van der Waals surface area contributed by atoms with Crippen molar-refractivity contribution in [2.75, 3.05) is 13.1 Å². The van der Waals surface area contributed by atoms with Gasteiger partial charge in [-0.25, -0.2) is 9.97 Å². The lowest BCUT2D eigenvalue weighted by atomic mass is 10.1. The molecule has 2 aromatic heterocycles. The van der Waals surface area contributed by atoms with Crippen molar-refractivity contribution >= 4 is 5.71 Å². The van der Waals surface area contributed by atoms with Gasteiger partial charge < -0.3 is 0 Å². The maximum atomic E-state index is 4.78. The second-order valence-electron chi connectivity index (χ2n) is 6.11. The molecular formula is C17H20N6. The molecule has 0 bridgehead atoms. The highest BCUT2D eigenvalue weighted by atomic mass is 15.1. The van der Waals surface area contributed by atoms with Gasteiger partial charge in [0.2, 0.25) is 0 Å². The van der Waals surface area contributed by atoms with Crippen molar-refractivity contribution in [2.45, 2.75) is 38.8 Å². The molecule has 0 N–H and O–H groups in total. The highest BCUT2D eigenvalue weighted by Gasteiger charge is 2.20. The van der Waals surface area contributed by atoms with Crippen LogP contribution in [-0.2, 0) is 19.5 Å². The lowest BCUT2D eigenvalue weighted by Gasteiger charge is -2.27. The minimum absolute atomic E-state index is 0.821. The molecule has 0 atom stereocenters. The molecule has 2 aliphatic rings. The normalized spacial score (nSPS) is 18.3. The molecule has 4 rings (SSSR count). The summed E-state index contributed by atoms with van der Waals surface area (Å²) >= 11 is 0. The average molecular weight is 308 g/mol. The van der Waals surface area contributed by atoms with Crippen molar-refractivity contribution < 1.29 is 0 Å².